The van der Waals surface area contributed by atoms with Crippen LogP contribution < -0.4 is 4.74 Å². The number of unbranched alkanes of at least 4 members (excludes halogenated alkanes) is 3. The van der Waals surface area contributed by atoms with Gasteiger partial charge in [-0.1, -0.05) is 32.3 Å². The molecule has 1 heterocycles. The van der Waals surface area contributed by atoms with Crippen molar-refractivity contribution >= 4 is 22.6 Å². The fourth-order valence-electron chi connectivity index (χ4n) is 4.03. The first-order valence-corrected chi connectivity index (χ1v) is 11.3. The van der Waals surface area contributed by atoms with E-state index in [1.165, 1.54) is 26.4 Å². The second-order valence-corrected chi connectivity index (χ2v) is 8.63. The quantitative estimate of drug-likeness (QED) is 0.610. The summed E-state index contributed by atoms with van der Waals surface area (Å²) >= 11 is 1.65. The predicted molar refractivity (Wildman–Crippen MR) is 116 cm³/mol. The molecule has 1 N–H and O–H groups in total. The third kappa shape index (κ3) is 4.67. The number of hydrogen-bond donors (Lipinski definition) is 1. The number of aliphatic imine (C=N–C) groups is 1. The fraction of sp³-hybridized carbons (Fsp3) is 0.522. The van der Waals surface area contributed by atoms with E-state index in [1.807, 2.05) is 0 Å². The number of allylic oxidation sites excluding steroid dienone is 2. The van der Waals surface area contributed by atoms with Gasteiger partial charge in [-0.3, -0.25) is 4.79 Å². The SMILES string of the molecule is CCCCCCSC1=NC2=C(C(=O)CCC2)[C@@H](c2ccc(O)c(OC)c2)C1C#N. The zero-order chi connectivity index (χ0) is 20.8. The van der Waals surface area contributed by atoms with Gasteiger partial charge in [0, 0.05) is 23.6 Å². The van der Waals surface area contributed by atoms with Crippen LogP contribution in [-0.4, -0.2) is 28.8 Å². The summed E-state index contributed by atoms with van der Waals surface area (Å²) in [7, 11) is 1.50. The van der Waals surface area contributed by atoms with E-state index in [4.69, 9.17) is 9.73 Å². The Morgan fingerprint density at radius 3 is 2.86 bits per heavy atom. The van der Waals surface area contributed by atoms with Crippen molar-refractivity contribution in [2.75, 3.05) is 12.9 Å². The summed E-state index contributed by atoms with van der Waals surface area (Å²) in [4.78, 5) is 17.6. The molecule has 1 aliphatic carbocycles. The van der Waals surface area contributed by atoms with Crippen LogP contribution >= 0.6 is 11.8 Å². The maximum Gasteiger partial charge on any atom is 0.161 e. The normalized spacial score (nSPS) is 21.4. The zero-order valence-electron chi connectivity index (χ0n) is 17.1. The van der Waals surface area contributed by atoms with Gasteiger partial charge in [0.05, 0.1) is 18.2 Å². The number of methoxy groups -OCH3 is 1. The minimum Gasteiger partial charge on any atom is -0.504 e. The molecule has 1 aromatic carbocycles. The van der Waals surface area contributed by atoms with Crippen molar-refractivity contribution in [1.29, 1.82) is 5.26 Å². The molecule has 0 aromatic heterocycles. The fourth-order valence-corrected chi connectivity index (χ4v) is 5.13. The van der Waals surface area contributed by atoms with E-state index in [0.29, 0.717) is 17.7 Å². The lowest BCUT2D eigenvalue weighted by Crippen LogP contribution is -2.30. The lowest BCUT2D eigenvalue weighted by atomic mass is 9.74. The van der Waals surface area contributed by atoms with Crippen LogP contribution in [0.2, 0.25) is 0 Å². The number of nitrogens with zero attached hydrogens (tertiary/aromatic N) is 2. The highest BCUT2D eigenvalue weighted by atomic mass is 32.2. The summed E-state index contributed by atoms with van der Waals surface area (Å²) in [5.74, 6) is 0.539. The Bertz CT molecular complexity index is 869. The van der Waals surface area contributed by atoms with Crippen molar-refractivity contribution in [3.05, 3.63) is 35.0 Å². The molecule has 0 bridgehead atoms. The summed E-state index contributed by atoms with van der Waals surface area (Å²) in [5.41, 5.74) is 2.32. The van der Waals surface area contributed by atoms with Crippen LogP contribution in [-0.2, 0) is 4.79 Å². The summed E-state index contributed by atoms with van der Waals surface area (Å²) in [5, 5.41) is 20.8. The number of phenols is 1. The third-order valence-electron chi connectivity index (χ3n) is 5.53. The Kier molecular flexibility index (Phi) is 7.38. The Morgan fingerprint density at radius 2 is 2.14 bits per heavy atom. The van der Waals surface area contributed by atoms with Gasteiger partial charge >= 0.3 is 0 Å². The van der Waals surface area contributed by atoms with Gasteiger partial charge in [-0.2, -0.15) is 5.26 Å². The van der Waals surface area contributed by atoms with Gasteiger partial charge in [0.15, 0.2) is 17.3 Å². The number of Topliss-reactive ketones (excluding diaryl/α,β-unsaturated/α-hetero) is 1. The first-order valence-electron chi connectivity index (χ1n) is 10.3. The molecule has 0 saturated heterocycles. The second kappa shape index (κ2) is 9.98. The molecule has 6 heteroatoms. The number of thioether (sulfide) groups is 1. The van der Waals surface area contributed by atoms with E-state index in [0.717, 1.165) is 41.3 Å². The standard InChI is InChI=1S/C23H28N2O3S/c1-3-4-5-6-12-29-23-16(14-24)21(15-10-11-18(26)20(13-15)28-2)22-17(25-23)8-7-9-19(22)27/h10-11,13,16,21,26H,3-9,12H2,1-2H3/t16?,21-/m0/s1. The number of hydrogen-bond acceptors (Lipinski definition) is 6. The molecule has 2 atom stereocenters. The smallest absolute Gasteiger partial charge is 0.161 e. The van der Waals surface area contributed by atoms with Gasteiger partial charge in [-0.25, -0.2) is 4.99 Å². The molecule has 0 saturated carbocycles. The average molecular weight is 413 g/mol. The molecule has 29 heavy (non-hydrogen) atoms. The van der Waals surface area contributed by atoms with Crippen molar-refractivity contribution < 1.29 is 14.6 Å². The van der Waals surface area contributed by atoms with Gasteiger partial charge in [0.1, 0.15) is 5.92 Å². The van der Waals surface area contributed by atoms with Crippen LogP contribution in [0.4, 0.5) is 0 Å². The van der Waals surface area contributed by atoms with E-state index in [2.05, 4.69) is 13.0 Å². The molecule has 154 valence electrons. The number of aromatic hydroxyl groups is 1. The van der Waals surface area contributed by atoms with Gasteiger partial charge in [0.25, 0.3) is 0 Å². The van der Waals surface area contributed by atoms with E-state index in [1.54, 1.807) is 30.0 Å². The number of benzene rings is 1. The maximum absolute atomic E-state index is 12.8. The van der Waals surface area contributed by atoms with Crippen LogP contribution in [0.25, 0.3) is 0 Å². The number of rotatable bonds is 7. The van der Waals surface area contributed by atoms with E-state index < -0.39 is 5.92 Å². The van der Waals surface area contributed by atoms with Crippen molar-refractivity contribution in [3.8, 4) is 17.6 Å². The molecule has 0 spiro atoms. The minimum absolute atomic E-state index is 0.0453. The maximum atomic E-state index is 12.8. The van der Waals surface area contributed by atoms with Gasteiger partial charge in [-0.05, 0) is 42.7 Å². The Morgan fingerprint density at radius 1 is 1.31 bits per heavy atom. The third-order valence-corrected chi connectivity index (χ3v) is 6.67. The van der Waals surface area contributed by atoms with Crippen LogP contribution in [0.5, 0.6) is 11.5 Å². The summed E-state index contributed by atoms with van der Waals surface area (Å²) in [6.45, 7) is 2.19. The van der Waals surface area contributed by atoms with E-state index in [9.17, 15) is 15.2 Å². The Hall–Kier alpha value is -2.26. The molecule has 0 amide bonds. The molecule has 3 rings (SSSR count). The van der Waals surface area contributed by atoms with E-state index in [-0.39, 0.29) is 17.5 Å². The van der Waals surface area contributed by atoms with E-state index >= 15 is 0 Å². The zero-order valence-corrected chi connectivity index (χ0v) is 17.9. The monoisotopic (exact) mass is 412 g/mol. The van der Waals surface area contributed by atoms with Crippen molar-refractivity contribution in [1.82, 2.24) is 0 Å². The highest BCUT2D eigenvalue weighted by Crippen LogP contribution is 2.46. The van der Waals surface area contributed by atoms with Crippen molar-refractivity contribution in [2.24, 2.45) is 10.9 Å². The van der Waals surface area contributed by atoms with Gasteiger partial charge in [-0.15, -0.1) is 11.8 Å². The molecule has 0 fully saturated rings. The lowest BCUT2D eigenvalue weighted by Gasteiger charge is -2.33. The second-order valence-electron chi connectivity index (χ2n) is 7.51. The Labute approximate surface area is 176 Å². The van der Waals surface area contributed by atoms with Crippen LogP contribution in [0, 0.1) is 17.2 Å². The Balaban J connectivity index is 1.97. The summed E-state index contributed by atoms with van der Waals surface area (Å²) in [6, 6.07) is 7.52. The highest BCUT2D eigenvalue weighted by Gasteiger charge is 2.40. The molecule has 1 aliphatic heterocycles. The van der Waals surface area contributed by atoms with Gasteiger partial charge in [0.2, 0.25) is 0 Å². The number of ketones is 1. The molecule has 0 radical (unpaired) electrons. The number of carbonyl (C=O) groups excluding carboxylic acids is 1. The number of nitriles is 1. The molecule has 5 nitrogen and oxygen atoms in total. The topological polar surface area (TPSA) is 82.7 Å². The number of carbonyl (C=O) groups is 1. The first-order chi connectivity index (χ1) is 14.1. The minimum atomic E-state index is -0.499. The highest BCUT2D eigenvalue weighted by molar-refractivity contribution is 8.14. The van der Waals surface area contributed by atoms with Gasteiger partial charge < -0.3 is 9.84 Å². The number of ether oxygens (including phenoxy) is 1. The predicted octanol–water partition coefficient (Wildman–Crippen LogP) is 5.36. The van der Waals surface area contributed by atoms with Crippen LogP contribution in [0.1, 0.15) is 63.4 Å². The molecule has 1 aromatic rings. The summed E-state index contributed by atoms with van der Waals surface area (Å²) in [6.07, 6.45) is 6.75. The average Bonchev–Trinajstić information content (AvgIpc) is 2.73. The largest absolute Gasteiger partial charge is 0.504 e. The molecule has 2 aliphatic rings. The van der Waals surface area contributed by atoms with Crippen molar-refractivity contribution in [3.63, 3.8) is 0 Å². The summed E-state index contributed by atoms with van der Waals surface area (Å²) < 4.78 is 5.27. The molecular weight excluding hydrogens is 384 g/mol. The van der Waals surface area contributed by atoms with Crippen molar-refractivity contribution in [2.45, 2.75) is 57.8 Å². The number of phenolic OH excluding ortho intramolecular Hbond substituents is 1. The van der Waals surface area contributed by atoms with Crippen LogP contribution in [0.15, 0.2) is 34.5 Å². The molecular formula is C23H28N2O3S. The lowest BCUT2D eigenvalue weighted by molar-refractivity contribution is -0.116. The van der Waals surface area contributed by atoms with Crippen LogP contribution in [0.3, 0.4) is 0 Å². The first kappa shape index (κ1) is 21.4. The molecule has 1 unspecified atom stereocenters.